The highest BCUT2D eigenvalue weighted by Gasteiger charge is 2.11. The van der Waals surface area contributed by atoms with Gasteiger partial charge in [-0.15, -0.1) is 0 Å². The molecule has 0 bridgehead atoms. The fourth-order valence-corrected chi connectivity index (χ4v) is 4.17. The number of carbonyl (C=O) groups is 1. The molecule has 154 valence electrons. The fourth-order valence-electron chi connectivity index (χ4n) is 2.69. The minimum atomic E-state index is -3.20. The molecule has 2 rings (SSSR count). The van der Waals surface area contributed by atoms with Crippen molar-refractivity contribution in [1.82, 2.24) is 14.3 Å². The van der Waals surface area contributed by atoms with Crippen LogP contribution in [0.15, 0.2) is 34.2 Å². The number of nitrogens with zero attached hydrogens (tertiary/aromatic N) is 2. The lowest BCUT2D eigenvalue weighted by molar-refractivity contribution is -0.118. The first-order valence-corrected chi connectivity index (χ1v) is 12.0. The Morgan fingerprint density at radius 3 is 2.68 bits per heavy atom. The van der Waals surface area contributed by atoms with E-state index in [4.69, 9.17) is 5.73 Å². The lowest BCUT2D eigenvalue weighted by atomic mass is 10.2. The third kappa shape index (κ3) is 7.25. The SMILES string of the molecule is CS(=O)(=O)NCCCSc1nc2ccccc2c(=O)n1CCCCCC(N)=O. The quantitative estimate of drug-likeness (QED) is 0.301. The fraction of sp³-hybridized carbons (Fsp3) is 0.500. The van der Waals surface area contributed by atoms with Gasteiger partial charge in [0.2, 0.25) is 15.9 Å². The number of para-hydroxylation sites is 1. The number of nitrogens with one attached hydrogen (secondary N) is 1. The van der Waals surface area contributed by atoms with Gasteiger partial charge in [0.1, 0.15) is 0 Å². The van der Waals surface area contributed by atoms with Crippen LogP contribution in [0.5, 0.6) is 0 Å². The van der Waals surface area contributed by atoms with Gasteiger partial charge in [0, 0.05) is 25.3 Å². The van der Waals surface area contributed by atoms with Crippen LogP contribution in [0.1, 0.15) is 32.1 Å². The Morgan fingerprint density at radius 1 is 1.21 bits per heavy atom. The molecule has 0 fully saturated rings. The number of hydrogen-bond donors (Lipinski definition) is 2. The maximum atomic E-state index is 12.9. The van der Waals surface area contributed by atoms with E-state index >= 15 is 0 Å². The second-order valence-electron chi connectivity index (χ2n) is 6.51. The largest absolute Gasteiger partial charge is 0.370 e. The van der Waals surface area contributed by atoms with E-state index in [0.29, 0.717) is 54.2 Å². The zero-order valence-corrected chi connectivity index (χ0v) is 17.5. The predicted molar refractivity (Wildman–Crippen MR) is 112 cm³/mol. The minimum Gasteiger partial charge on any atom is -0.370 e. The Hall–Kier alpha value is -1.91. The maximum Gasteiger partial charge on any atom is 0.262 e. The Kier molecular flexibility index (Phi) is 8.46. The molecule has 1 aromatic heterocycles. The monoisotopic (exact) mass is 426 g/mol. The third-order valence-corrected chi connectivity index (χ3v) is 5.84. The van der Waals surface area contributed by atoms with Crippen molar-refractivity contribution in [3.05, 3.63) is 34.6 Å². The van der Waals surface area contributed by atoms with Crippen molar-refractivity contribution >= 4 is 38.6 Å². The molecule has 8 nitrogen and oxygen atoms in total. The highest BCUT2D eigenvalue weighted by atomic mass is 32.2. The molecule has 0 radical (unpaired) electrons. The van der Waals surface area contributed by atoms with Gasteiger partial charge in [-0.05, 0) is 31.4 Å². The number of benzene rings is 1. The van der Waals surface area contributed by atoms with Gasteiger partial charge < -0.3 is 5.73 Å². The number of amides is 1. The summed E-state index contributed by atoms with van der Waals surface area (Å²) in [7, 11) is -3.20. The highest BCUT2D eigenvalue weighted by molar-refractivity contribution is 7.99. The lowest BCUT2D eigenvalue weighted by Crippen LogP contribution is -2.24. The van der Waals surface area contributed by atoms with Crippen molar-refractivity contribution < 1.29 is 13.2 Å². The number of primary amides is 1. The van der Waals surface area contributed by atoms with Gasteiger partial charge in [-0.1, -0.05) is 30.3 Å². The molecule has 1 aromatic carbocycles. The van der Waals surface area contributed by atoms with E-state index in [1.54, 1.807) is 10.6 Å². The third-order valence-electron chi connectivity index (χ3n) is 4.05. The number of nitrogens with two attached hydrogens (primary N) is 1. The van der Waals surface area contributed by atoms with E-state index in [0.717, 1.165) is 19.1 Å². The molecule has 0 unspecified atom stereocenters. The first kappa shape index (κ1) is 22.4. The molecule has 0 aliphatic heterocycles. The number of carbonyl (C=O) groups excluding carboxylic acids is 1. The van der Waals surface area contributed by atoms with Crippen LogP contribution in [-0.4, -0.2) is 42.4 Å². The summed E-state index contributed by atoms with van der Waals surface area (Å²) in [6.45, 7) is 0.857. The smallest absolute Gasteiger partial charge is 0.262 e. The molecule has 1 amide bonds. The van der Waals surface area contributed by atoms with Crippen molar-refractivity contribution in [2.24, 2.45) is 5.73 Å². The Balaban J connectivity index is 2.08. The first-order chi connectivity index (χ1) is 13.3. The molecule has 1 heterocycles. The topological polar surface area (TPSA) is 124 Å². The van der Waals surface area contributed by atoms with Crippen molar-refractivity contribution in [2.75, 3.05) is 18.6 Å². The summed E-state index contributed by atoms with van der Waals surface area (Å²) < 4.78 is 26.4. The lowest BCUT2D eigenvalue weighted by Gasteiger charge is -2.13. The van der Waals surface area contributed by atoms with Crippen LogP contribution in [-0.2, 0) is 21.4 Å². The van der Waals surface area contributed by atoms with Gasteiger partial charge in [-0.3, -0.25) is 14.2 Å². The molecule has 0 spiro atoms. The molecule has 28 heavy (non-hydrogen) atoms. The van der Waals surface area contributed by atoms with Crippen LogP contribution in [0.4, 0.5) is 0 Å². The summed E-state index contributed by atoms with van der Waals surface area (Å²) >= 11 is 1.44. The van der Waals surface area contributed by atoms with E-state index in [1.807, 2.05) is 18.2 Å². The molecule has 2 aromatic rings. The van der Waals surface area contributed by atoms with E-state index in [9.17, 15) is 18.0 Å². The molecule has 0 saturated heterocycles. The van der Waals surface area contributed by atoms with E-state index in [1.165, 1.54) is 11.8 Å². The molecule has 10 heteroatoms. The number of rotatable bonds is 12. The summed E-state index contributed by atoms with van der Waals surface area (Å²) in [6.07, 6.45) is 4.34. The summed E-state index contributed by atoms with van der Waals surface area (Å²) in [5.74, 6) is 0.318. The molecule has 0 aliphatic carbocycles. The van der Waals surface area contributed by atoms with E-state index in [-0.39, 0.29) is 11.5 Å². The Morgan fingerprint density at radius 2 is 1.96 bits per heavy atom. The predicted octanol–water partition coefficient (Wildman–Crippen LogP) is 1.47. The maximum absolute atomic E-state index is 12.9. The van der Waals surface area contributed by atoms with Crippen LogP contribution in [0, 0.1) is 0 Å². The van der Waals surface area contributed by atoms with E-state index in [2.05, 4.69) is 9.71 Å². The van der Waals surface area contributed by atoms with Gasteiger partial charge in [-0.2, -0.15) is 0 Å². The van der Waals surface area contributed by atoms with Crippen molar-refractivity contribution in [1.29, 1.82) is 0 Å². The standard InChI is InChI=1S/C18H26N4O4S2/c1-28(25,26)20-11-7-13-27-18-21-15-9-5-4-8-14(15)17(24)22(18)12-6-2-3-10-16(19)23/h4-5,8-9,20H,2-3,6-7,10-13H2,1H3,(H2,19,23). The Bertz CT molecular complexity index is 973. The summed E-state index contributed by atoms with van der Waals surface area (Å²) in [5.41, 5.74) is 5.71. The minimum absolute atomic E-state index is 0.0859. The second-order valence-corrected chi connectivity index (χ2v) is 9.41. The number of thioether (sulfide) groups is 1. The molecule has 3 N–H and O–H groups in total. The van der Waals surface area contributed by atoms with Crippen LogP contribution in [0.2, 0.25) is 0 Å². The summed E-state index contributed by atoms with van der Waals surface area (Å²) in [4.78, 5) is 28.3. The van der Waals surface area contributed by atoms with Gasteiger partial charge in [0.05, 0.1) is 17.2 Å². The van der Waals surface area contributed by atoms with Crippen molar-refractivity contribution in [3.63, 3.8) is 0 Å². The van der Waals surface area contributed by atoms with Gasteiger partial charge in [0.15, 0.2) is 5.16 Å². The number of sulfonamides is 1. The average Bonchev–Trinajstić information content (AvgIpc) is 2.62. The summed E-state index contributed by atoms with van der Waals surface area (Å²) in [5, 5.41) is 1.20. The van der Waals surface area contributed by atoms with Gasteiger partial charge in [-0.25, -0.2) is 18.1 Å². The van der Waals surface area contributed by atoms with Crippen LogP contribution < -0.4 is 16.0 Å². The van der Waals surface area contributed by atoms with E-state index < -0.39 is 10.0 Å². The number of aromatic nitrogens is 2. The second kappa shape index (κ2) is 10.6. The molecule has 0 atom stereocenters. The molecule has 0 saturated carbocycles. The number of hydrogen-bond acceptors (Lipinski definition) is 6. The zero-order chi connectivity index (χ0) is 20.6. The number of fused-ring (bicyclic) bond motifs is 1. The van der Waals surface area contributed by atoms with Gasteiger partial charge in [0.25, 0.3) is 5.56 Å². The van der Waals surface area contributed by atoms with Crippen molar-refractivity contribution in [2.45, 2.75) is 43.8 Å². The van der Waals surface area contributed by atoms with Crippen LogP contribution in [0.25, 0.3) is 10.9 Å². The molecular formula is C18H26N4O4S2. The normalized spacial score (nSPS) is 11.8. The van der Waals surface area contributed by atoms with Gasteiger partial charge >= 0.3 is 0 Å². The van der Waals surface area contributed by atoms with Crippen LogP contribution in [0.3, 0.4) is 0 Å². The number of unbranched alkanes of at least 4 members (excludes halogenated alkanes) is 2. The molecule has 0 aliphatic rings. The molecular weight excluding hydrogens is 400 g/mol. The summed E-state index contributed by atoms with van der Waals surface area (Å²) in [6, 6.07) is 7.22. The average molecular weight is 427 g/mol. The van der Waals surface area contributed by atoms with Crippen LogP contribution >= 0.6 is 11.8 Å². The highest BCUT2D eigenvalue weighted by Crippen LogP contribution is 2.19. The first-order valence-electron chi connectivity index (χ1n) is 9.13. The van der Waals surface area contributed by atoms with Crippen molar-refractivity contribution in [3.8, 4) is 0 Å². The zero-order valence-electron chi connectivity index (χ0n) is 15.9. The Labute approximate surface area is 169 Å².